The summed E-state index contributed by atoms with van der Waals surface area (Å²) in [7, 11) is 3.48. The van der Waals surface area contributed by atoms with Crippen molar-refractivity contribution in [1.82, 2.24) is 29.7 Å². The first-order chi connectivity index (χ1) is 12.6. The molecule has 1 amide bonds. The Morgan fingerprint density at radius 3 is 2.81 bits per heavy atom. The maximum absolute atomic E-state index is 11.8. The molecule has 1 aromatic carbocycles. The van der Waals surface area contributed by atoms with E-state index in [0.29, 0.717) is 11.5 Å². The van der Waals surface area contributed by atoms with Crippen molar-refractivity contribution in [3.05, 3.63) is 60.6 Å². The Kier molecular flexibility index (Phi) is 3.85. The van der Waals surface area contributed by atoms with Crippen LogP contribution in [-0.4, -0.2) is 37.3 Å². The van der Waals surface area contributed by atoms with E-state index in [9.17, 15) is 4.79 Å². The highest BCUT2D eigenvalue weighted by Crippen LogP contribution is 2.22. The third kappa shape index (κ3) is 2.88. The summed E-state index contributed by atoms with van der Waals surface area (Å²) in [4.78, 5) is 16.1. The van der Waals surface area contributed by atoms with Gasteiger partial charge in [0.15, 0.2) is 0 Å². The Bertz CT molecular complexity index is 1100. The first-order valence-electron chi connectivity index (χ1n) is 8.07. The van der Waals surface area contributed by atoms with Gasteiger partial charge < -0.3 is 10.6 Å². The number of nitrogens with zero attached hydrogens (tertiary/aromatic N) is 5. The van der Waals surface area contributed by atoms with E-state index in [0.717, 1.165) is 22.5 Å². The number of anilines is 2. The summed E-state index contributed by atoms with van der Waals surface area (Å²) in [5.74, 6) is 0.294. The summed E-state index contributed by atoms with van der Waals surface area (Å²) in [6.07, 6.45) is 5.48. The number of nitrogens with one attached hydrogen (secondary N) is 2. The first-order valence-corrected chi connectivity index (χ1v) is 8.07. The van der Waals surface area contributed by atoms with E-state index >= 15 is 0 Å². The SMILES string of the molecule is CNC(=O)c1cccc(Nc2ncc3ccc(-c4cnn(C)c4)n3n2)c1. The van der Waals surface area contributed by atoms with Crippen LogP contribution in [-0.2, 0) is 7.05 Å². The molecule has 0 saturated carbocycles. The molecule has 3 aromatic heterocycles. The minimum atomic E-state index is -0.144. The van der Waals surface area contributed by atoms with Crippen molar-refractivity contribution in [2.24, 2.45) is 7.05 Å². The number of hydrogen-bond acceptors (Lipinski definition) is 5. The zero-order valence-electron chi connectivity index (χ0n) is 14.3. The lowest BCUT2D eigenvalue weighted by atomic mass is 10.2. The minimum absolute atomic E-state index is 0.144. The number of amides is 1. The molecule has 8 nitrogen and oxygen atoms in total. The fourth-order valence-electron chi connectivity index (χ4n) is 2.74. The van der Waals surface area contributed by atoms with Crippen LogP contribution in [0.1, 0.15) is 10.4 Å². The van der Waals surface area contributed by atoms with Gasteiger partial charge in [-0.25, -0.2) is 9.50 Å². The average Bonchev–Trinajstić information content (AvgIpc) is 3.27. The number of hydrogen-bond donors (Lipinski definition) is 2. The van der Waals surface area contributed by atoms with Gasteiger partial charge in [-0.1, -0.05) is 6.07 Å². The van der Waals surface area contributed by atoms with Gasteiger partial charge in [0.25, 0.3) is 5.91 Å². The van der Waals surface area contributed by atoms with Gasteiger partial charge in [0.2, 0.25) is 5.95 Å². The van der Waals surface area contributed by atoms with Crippen LogP contribution in [0.2, 0.25) is 0 Å². The molecule has 4 rings (SSSR count). The van der Waals surface area contributed by atoms with E-state index in [4.69, 9.17) is 0 Å². The Morgan fingerprint density at radius 2 is 2.04 bits per heavy atom. The second kappa shape index (κ2) is 6.32. The van der Waals surface area contributed by atoms with Gasteiger partial charge >= 0.3 is 0 Å². The van der Waals surface area contributed by atoms with Crippen LogP contribution in [0.25, 0.3) is 16.8 Å². The smallest absolute Gasteiger partial charge is 0.251 e. The zero-order valence-corrected chi connectivity index (χ0v) is 14.3. The van der Waals surface area contributed by atoms with Crippen LogP contribution in [0.15, 0.2) is 55.0 Å². The molecule has 0 bridgehead atoms. The molecule has 0 aliphatic rings. The lowest BCUT2D eigenvalue weighted by molar-refractivity contribution is 0.0963. The number of rotatable bonds is 4. The third-order valence-electron chi connectivity index (χ3n) is 4.01. The lowest BCUT2D eigenvalue weighted by Crippen LogP contribution is -2.17. The van der Waals surface area contributed by atoms with Crippen LogP contribution in [0, 0.1) is 0 Å². The highest BCUT2D eigenvalue weighted by molar-refractivity contribution is 5.95. The Morgan fingerprint density at radius 1 is 1.15 bits per heavy atom. The Hall–Kier alpha value is -3.68. The molecule has 3 heterocycles. The van der Waals surface area contributed by atoms with Gasteiger partial charge in [-0.3, -0.25) is 9.48 Å². The monoisotopic (exact) mass is 347 g/mol. The van der Waals surface area contributed by atoms with Crippen molar-refractivity contribution >= 4 is 23.1 Å². The van der Waals surface area contributed by atoms with Gasteiger partial charge in [0, 0.05) is 37.1 Å². The molecule has 130 valence electrons. The maximum Gasteiger partial charge on any atom is 0.251 e. The summed E-state index contributed by atoms with van der Waals surface area (Å²) in [5.41, 5.74) is 4.08. The first kappa shape index (κ1) is 15.8. The molecule has 0 fully saturated rings. The molecule has 0 aliphatic carbocycles. The standard InChI is InChI=1S/C18H17N7O/c1-19-17(26)12-4-3-5-14(8-12)22-18-20-10-15-6-7-16(25(15)23-18)13-9-21-24(2)11-13/h3-11H,1-2H3,(H,19,26)(H,22,23). The minimum Gasteiger partial charge on any atom is -0.355 e. The summed E-state index contributed by atoms with van der Waals surface area (Å²) in [6.45, 7) is 0. The summed E-state index contributed by atoms with van der Waals surface area (Å²) in [6, 6.07) is 11.1. The van der Waals surface area contributed by atoms with Crippen molar-refractivity contribution < 1.29 is 4.79 Å². The van der Waals surface area contributed by atoms with E-state index in [2.05, 4.69) is 25.8 Å². The van der Waals surface area contributed by atoms with E-state index in [-0.39, 0.29) is 5.91 Å². The third-order valence-corrected chi connectivity index (χ3v) is 4.01. The maximum atomic E-state index is 11.8. The van der Waals surface area contributed by atoms with E-state index < -0.39 is 0 Å². The fraction of sp³-hybridized carbons (Fsp3) is 0.111. The van der Waals surface area contributed by atoms with Gasteiger partial charge in [0.05, 0.1) is 23.6 Å². The Labute approximate surface area is 149 Å². The van der Waals surface area contributed by atoms with Crippen LogP contribution in [0.3, 0.4) is 0 Å². The molecule has 0 saturated heterocycles. The molecule has 0 spiro atoms. The quantitative estimate of drug-likeness (QED) is 0.591. The van der Waals surface area contributed by atoms with Crippen molar-refractivity contribution in [3.8, 4) is 11.3 Å². The van der Waals surface area contributed by atoms with Crippen LogP contribution in [0.4, 0.5) is 11.6 Å². The Balaban J connectivity index is 1.68. The second-order valence-corrected chi connectivity index (χ2v) is 5.82. The molecule has 0 unspecified atom stereocenters. The lowest BCUT2D eigenvalue weighted by Gasteiger charge is -2.08. The molecule has 8 heteroatoms. The van der Waals surface area contributed by atoms with Crippen LogP contribution in [0.5, 0.6) is 0 Å². The zero-order chi connectivity index (χ0) is 18.1. The summed E-state index contributed by atoms with van der Waals surface area (Å²) in [5, 5.41) is 14.5. The molecular weight excluding hydrogens is 330 g/mol. The van der Waals surface area contributed by atoms with Gasteiger partial charge in [0.1, 0.15) is 0 Å². The molecule has 26 heavy (non-hydrogen) atoms. The largest absolute Gasteiger partial charge is 0.355 e. The number of fused-ring (bicyclic) bond motifs is 1. The molecule has 4 aromatic rings. The fourth-order valence-corrected chi connectivity index (χ4v) is 2.74. The highest BCUT2D eigenvalue weighted by atomic mass is 16.1. The number of carbonyl (C=O) groups excluding carboxylic acids is 1. The predicted octanol–water partition coefficient (Wildman–Crippen LogP) is 2.23. The van der Waals surface area contributed by atoms with Gasteiger partial charge in [-0.2, -0.15) is 5.10 Å². The molecule has 0 atom stereocenters. The van der Waals surface area contributed by atoms with Crippen LogP contribution >= 0.6 is 0 Å². The highest BCUT2D eigenvalue weighted by Gasteiger charge is 2.10. The van der Waals surface area contributed by atoms with Crippen molar-refractivity contribution in [2.45, 2.75) is 0 Å². The van der Waals surface area contributed by atoms with E-state index in [1.54, 1.807) is 36.3 Å². The second-order valence-electron chi connectivity index (χ2n) is 5.82. The van der Waals surface area contributed by atoms with Crippen molar-refractivity contribution in [3.63, 3.8) is 0 Å². The number of carbonyl (C=O) groups is 1. The molecule has 0 radical (unpaired) electrons. The number of benzene rings is 1. The molecule has 2 N–H and O–H groups in total. The molecular formula is C18H17N7O. The van der Waals surface area contributed by atoms with E-state index in [1.165, 1.54) is 0 Å². The number of aryl methyl sites for hydroxylation is 1. The normalized spacial score (nSPS) is 10.8. The van der Waals surface area contributed by atoms with E-state index in [1.807, 2.05) is 42.0 Å². The van der Waals surface area contributed by atoms with Crippen LogP contribution < -0.4 is 10.6 Å². The van der Waals surface area contributed by atoms with Gasteiger partial charge in [-0.05, 0) is 30.3 Å². The van der Waals surface area contributed by atoms with Crippen molar-refractivity contribution in [2.75, 3.05) is 12.4 Å². The topological polar surface area (TPSA) is 89.1 Å². The van der Waals surface area contributed by atoms with Gasteiger partial charge in [-0.15, -0.1) is 5.10 Å². The van der Waals surface area contributed by atoms with Crippen molar-refractivity contribution in [1.29, 1.82) is 0 Å². The summed E-state index contributed by atoms with van der Waals surface area (Å²) < 4.78 is 3.56. The molecule has 0 aliphatic heterocycles. The predicted molar refractivity (Wildman–Crippen MR) is 98.3 cm³/mol. The summed E-state index contributed by atoms with van der Waals surface area (Å²) >= 11 is 0. The number of aromatic nitrogens is 5. The average molecular weight is 347 g/mol.